The molecule has 0 amide bonds. The minimum absolute atomic E-state index is 0.110. The molecule has 0 radical (unpaired) electrons. The summed E-state index contributed by atoms with van der Waals surface area (Å²) < 4.78 is 27.1. The average molecular weight is 854 g/mol. The molecule has 0 unspecified atom stereocenters. The van der Waals surface area contributed by atoms with Crippen molar-refractivity contribution >= 4 is 46.9 Å². The largest absolute Gasteiger partial charge is 0.493 e. The van der Waals surface area contributed by atoms with Crippen LogP contribution in [-0.4, -0.2) is 59.3 Å². The molecule has 0 heterocycles. The highest BCUT2D eigenvalue weighted by Crippen LogP contribution is 2.25. The molecule has 4 rings (SSSR count). The number of carbonyl (C=O) groups excluding carboxylic acids is 3. The molecule has 59 heavy (non-hydrogen) atoms. The molecule has 0 aliphatic carbocycles. The number of aryl methyl sites for hydroxylation is 2. The maximum Gasteiger partial charge on any atom is 0.350 e. The van der Waals surface area contributed by atoms with Gasteiger partial charge in [0.2, 0.25) is 0 Å². The van der Waals surface area contributed by atoms with Crippen molar-refractivity contribution < 1.29 is 48.0 Å². The zero-order valence-corrected chi connectivity index (χ0v) is 37.5. The van der Waals surface area contributed by atoms with Crippen LogP contribution in [0.4, 0.5) is 0 Å². The minimum Gasteiger partial charge on any atom is -0.493 e. The van der Waals surface area contributed by atoms with Crippen LogP contribution in [0.3, 0.4) is 0 Å². The number of carbonyl (C=O) groups is 4. The van der Waals surface area contributed by atoms with E-state index >= 15 is 0 Å². The van der Waals surface area contributed by atoms with Crippen molar-refractivity contribution in [1.29, 1.82) is 0 Å². The highest BCUT2D eigenvalue weighted by Gasteiger charge is 2.33. The summed E-state index contributed by atoms with van der Waals surface area (Å²) in [6.07, 6.45) is 1.15. The van der Waals surface area contributed by atoms with E-state index in [-0.39, 0.29) is 17.9 Å². The van der Waals surface area contributed by atoms with Gasteiger partial charge in [-0.25, -0.2) is 9.59 Å². The van der Waals surface area contributed by atoms with Gasteiger partial charge in [-0.1, -0.05) is 35.3 Å². The molecule has 0 atom stereocenters. The summed E-state index contributed by atoms with van der Waals surface area (Å²) in [5.74, 6) is 0.272. The predicted molar refractivity (Wildman–Crippen MR) is 232 cm³/mol. The third kappa shape index (κ3) is 17.4. The maximum absolute atomic E-state index is 12.4. The molecule has 0 aromatic heterocycles. The first kappa shape index (κ1) is 50.1. The fraction of sp³-hybridized carbons (Fsp3) is 0.404. The van der Waals surface area contributed by atoms with Crippen LogP contribution in [0.25, 0.3) is 0 Å². The number of carboxylic acids is 1. The molecule has 0 spiro atoms. The molecule has 12 heteroatoms. The van der Waals surface area contributed by atoms with Gasteiger partial charge in [-0.3, -0.25) is 9.59 Å². The average Bonchev–Trinajstić information content (AvgIpc) is 3.16. The summed E-state index contributed by atoms with van der Waals surface area (Å²) in [6.45, 7) is 20.4. The summed E-state index contributed by atoms with van der Waals surface area (Å²) in [5, 5.41) is 10.2. The maximum atomic E-state index is 12.4. The normalized spacial score (nSPS) is 11.2. The monoisotopic (exact) mass is 852 g/mol. The van der Waals surface area contributed by atoms with E-state index in [0.717, 1.165) is 17.7 Å². The predicted octanol–water partition coefficient (Wildman–Crippen LogP) is 11.3. The van der Waals surface area contributed by atoms with Gasteiger partial charge in [0.15, 0.2) is 17.0 Å². The van der Waals surface area contributed by atoms with Crippen LogP contribution in [0.1, 0.15) is 102 Å². The van der Waals surface area contributed by atoms with E-state index in [4.69, 9.17) is 52.0 Å². The molecule has 0 aliphatic heterocycles. The Hall–Kier alpha value is -5.06. The molecule has 0 fully saturated rings. The molecular weight excluding hydrogens is 795 g/mol. The Labute approximate surface area is 359 Å². The van der Waals surface area contributed by atoms with E-state index in [1.54, 1.807) is 135 Å². The van der Waals surface area contributed by atoms with Crippen molar-refractivity contribution in [2.75, 3.05) is 13.2 Å². The van der Waals surface area contributed by atoms with Crippen molar-refractivity contribution in [3.63, 3.8) is 0 Å². The lowest BCUT2D eigenvalue weighted by atomic mass is 9.88. The minimum atomic E-state index is -1.12. The zero-order chi connectivity index (χ0) is 44.6. The number of esters is 2. The first-order valence-corrected chi connectivity index (χ1v) is 20.1. The molecule has 0 saturated carbocycles. The van der Waals surface area contributed by atoms with Gasteiger partial charge in [0, 0.05) is 21.2 Å². The van der Waals surface area contributed by atoms with Crippen molar-refractivity contribution in [2.24, 2.45) is 5.41 Å². The van der Waals surface area contributed by atoms with E-state index in [0.29, 0.717) is 52.3 Å². The Bertz CT molecular complexity index is 1970. The number of ether oxygens (including phenoxy) is 5. The van der Waals surface area contributed by atoms with Gasteiger partial charge in [-0.2, -0.15) is 0 Å². The number of rotatable bonds is 16. The van der Waals surface area contributed by atoms with Crippen LogP contribution >= 0.6 is 23.2 Å². The number of aliphatic carboxylic acids is 1. The number of carboxylic acid groups (broad SMARTS) is 1. The van der Waals surface area contributed by atoms with Crippen LogP contribution in [0.5, 0.6) is 17.2 Å². The first-order chi connectivity index (χ1) is 27.5. The topological polar surface area (TPSA) is 135 Å². The molecule has 0 aliphatic rings. The second kappa shape index (κ2) is 22.9. The quantitative estimate of drug-likeness (QED) is 0.0659. The van der Waals surface area contributed by atoms with Gasteiger partial charge in [0.25, 0.3) is 0 Å². The number of ketones is 1. The van der Waals surface area contributed by atoms with Gasteiger partial charge in [-0.15, -0.1) is 0 Å². The van der Waals surface area contributed by atoms with Gasteiger partial charge >= 0.3 is 17.9 Å². The number of halogens is 2. The summed E-state index contributed by atoms with van der Waals surface area (Å²) in [4.78, 5) is 47.0. The Morgan fingerprint density at radius 3 is 1.61 bits per heavy atom. The van der Waals surface area contributed by atoms with E-state index in [2.05, 4.69) is 6.07 Å². The molecular formula is C47H58Cl2O10. The number of hydrogen-bond donors (Lipinski definition) is 1. The second-order valence-corrected chi connectivity index (χ2v) is 16.5. The van der Waals surface area contributed by atoms with Crippen LogP contribution < -0.4 is 14.2 Å². The number of benzene rings is 4. The molecule has 320 valence electrons. The lowest BCUT2D eigenvalue weighted by Crippen LogP contribution is -2.40. The molecule has 0 bridgehead atoms. The molecule has 4 aromatic rings. The Balaban J connectivity index is 0.000000315. The van der Waals surface area contributed by atoms with Crippen molar-refractivity contribution in [3.8, 4) is 17.2 Å². The van der Waals surface area contributed by atoms with Gasteiger partial charge in [-0.05, 0) is 179 Å². The van der Waals surface area contributed by atoms with Gasteiger partial charge in [0.05, 0.1) is 24.7 Å². The smallest absolute Gasteiger partial charge is 0.350 e. The third-order valence-corrected chi connectivity index (χ3v) is 9.01. The summed E-state index contributed by atoms with van der Waals surface area (Å²) >= 11 is 11.6. The molecule has 0 saturated heterocycles. The molecule has 4 aromatic carbocycles. The summed E-state index contributed by atoms with van der Waals surface area (Å²) in [5.41, 5.74) is 0.566. The van der Waals surface area contributed by atoms with Crippen LogP contribution in [0.15, 0.2) is 91.0 Å². The van der Waals surface area contributed by atoms with Crippen LogP contribution in [0, 0.1) is 19.3 Å². The Kier molecular flexibility index (Phi) is 19.5. The van der Waals surface area contributed by atoms with Crippen molar-refractivity contribution in [3.05, 3.63) is 123 Å². The van der Waals surface area contributed by atoms with Gasteiger partial charge in [0.1, 0.15) is 17.2 Å². The second-order valence-electron chi connectivity index (χ2n) is 15.6. The lowest BCUT2D eigenvalue weighted by Gasteiger charge is -2.25. The lowest BCUT2D eigenvalue weighted by molar-refractivity contribution is -0.163. The summed E-state index contributed by atoms with van der Waals surface area (Å²) in [7, 11) is 0. The van der Waals surface area contributed by atoms with Crippen molar-refractivity contribution in [1.82, 2.24) is 0 Å². The highest BCUT2D eigenvalue weighted by molar-refractivity contribution is 6.31. The van der Waals surface area contributed by atoms with Crippen LogP contribution in [-0.2, 0) is 23.9 Å². The fourth-order valence-corrected chi connectivity index (χ4v) is 5.20. The third-order valence-electron chi connectivity index (χ3n) is 8.51. The van der Waals surface area contributed by atoms with E-state index < -0.39 is 28.6 Å². The van der Waals surface area contributed by atoms with E-state index in [1.165, 1.54) is 5.56 Å². The number of hydrogen-bond acceptors (Lipinski definition) is 9. The highest BCUT2D eigenvalue weighted by atomic mass is 35.5. The Morgan fingerprint density at radius 1 is 0.678 bits per heavy atom. The van der Waals surface area contributed by atoms with Crippen molar-refractivity contribution in [2.45, 2.75) is 106 Å². The Morgan fingerprint density at radius 2 is 1.14 bits per heavy atom. The summed E-state index contributed by atoms with van der Waals surface area (Å²) in [6, 6.07) is 26.3. The van der Waals surface area contributed by atoms with Gasteiger partial charge < -0.3 is 28.8 Å². The van der Waals surface area contributed by atoms with E-state index in [9.17, 15) is 19.2 Å². The molecule has 10 nitrogen and oxygen atoms in total. The van der Waals surface area contributed by atoms with Crippen LogP contribution in [0.2, 0.25) is 10.0 Å². The fourth-order valence-electron chi connectivity index (χ4n) is 4.94. The molecule has 1 N–H and O–H groups in total. The van der Waals surface area contributed by atoms with E-state index in [1.807, 2.05) is 26.0 Å². The zero-order valence-electron chi connectivity index (χ0n) is 35.9. The standard InChI is InChI=1S/C20H21ClO4.C15H22O3.C12H15ClO3/c1-13(2)24-19(23)20(3,4)25-17-11-7-15(8-12-17)18(22)14-5-9-16(21)10-6-14;1-11-6-7-12(2)13(10-11)18-9-5-8-15(3,4)14(16)17;1-4-15-11(14)12(2,3)16-10-7-5-9(13)6-8-10/h5-13H,1-4H3;6-7,10H,5,8-9H2,1-4H3,(H,16,17);5-8H,4H2,1-3H3. The SMILES string of the molecule is CC(C)OC(=O)C(C)(C)Oc1ccc(C(=O)c2ccc(Cl)cc2)cc1.CCOC(=O)C(C)(C)Oc1ccc(Cl)cc1.Cc1ccc(C)c(OCCCC(C)(C)C(=O)O)c1. The first-order valence-electron chi connectivity index (χ1n) is 19.3.